The van der Waals surface area contributed by atoms with Gasteiger partial charge in [-0.05, 0) is 43.0 Å². The molecule has 1 aliphatic rings. The summed E-state index contributed by atoms with van der Waals surface area (Å²) in [5, 5.41) is 0. The highest BCUT2D eigenvalue weighted by Crippen LogP contribution is 2.21. The summed E-state index contributed by atoms with van der Waals surface area (Å²) in [5.74, 6) is 0.251. The van der Waals surface area contributed by atoms with E-state index in [1.165, 1.54) is 5.56 Å². The standard InChI is InChI=1S/C19H23NO3S/c21-24(22,19-11-5-2-6-12-19)23-16-18-10-7-13-20(15-18)14-17-8-3-1-4-9-17/h1-6,8-9,11-12,18H,7,10,13-16H2. The highest BCUT2D eigenvalue weighted by molar-refractivity contribution is 7.86. The van der Waals surface area contributed by atoms with E-state index in [1.54, 1.807) is 30.3 Å². The summed E-state index contributed by atoms with van der Waals surface area (Å²) in [6, 6.07) is 18.7. The molecule has 1 saturated heterocycles. The van der Waals surface area contributed by atoms with Crippen LogP contribution in [0.4, 0.5) is 0 Å². The summed E-state index contributed by atoms with van der Waals surface area (Å²) < 4.78 is 29.7. The Balaban J connectivity index is 1.54. The highest BCUT2D eigenvalue weighted by Gasteiger charge is 2.23. The lowest BCUT2D eigenvalue weighted by Crippen LogP contribution is -2.37. The fourth-order valence-corrected chi connectivity index (χ4v) is 4.11. The van der Waals surface area contributed by atoms with Gasteiger partial charge >= 0.3 is 0 Å². The van der Waals surface area contributed by atoms with Gasteiger partial charge in [0.05, 0.1) is 11.5 Å². The van der Waals surface area contributed by atoms with Crippen molar-refractivity contribution in [3.63, 3.8) is 0 Å². The Bertz CT molecular complexity index is 732. The molecule has 0 saturated carbocycles. The van der Waals surface area contributed by atoms with Crippen molar-refractivity contribution in [2.24, 2.45) is 5.92 Å². The second-order valence-corrected chi connectivity index (χ2v) is 7.90. The van der Waals surface area contributed by atoms with Crippen molar-refractivity contribution in [2.45, 2.75) is 24.3 Å². The molecular weight excluding hydrogens is 322 g/mol. The number of hydrogen-bond donors (Lipinski definition) is 0. The van der Waals surface area contributed by atoms with E-state index in [0.29, 0.717) is 0 Å². The zero-order valence-corrected chi connectivity index (χ0v) is 14.5. The minimum Gasteiger partial charge on any atom is -0.299 e. The van der Waals surface area contributed by atoms with Crippen molar-refractivity contribution in [1.82, 2.24) is 4.90 Å². The molecule has 0 radical (unpaired) electrons. The van der Waals surface area contributed by atoms with Crippen molar-refractivity contribution >= 4 is 10.1 Å². The van der Waals surface area contributed by atoms with Crippen molar-refractivity contribution in [3.8, 4) is 0 Å². The van der Waals surface area contributed by atoms with E-state index < -0.39 is 10.1 Å². The molecule has 0 spiro atoms. The molecule has 1 atom stereocenters. The van der Waals surface area contributed by atoms with E-state index in [2.05, 4.69) is 17.0 Å². The zero-order chi connectivity index (χ0) is 16.8. The van der Waals surface area contributed by atoms with Gasteiger partial charge in [0, 0.05) is 13.1 Å². The maximum Gasteiger partial charge on any atom is 0.296 e. The van der Waals surface area contributed by atoms with Crippen molar-refractivity contribution < 1.29 is 12.6 Å². The molecule has 4 nitrogen and oxygen atoms in total. The monoisotopic (exact) mass is 345 g/mol. The average molecular weight is 345 g/mol. The molecule has 2 aromatic rings. The third-order valence-electron chi connectivity index (χ3n) is 4.34. The van der Waals surface area contributed by atoms with Crippen LogP contribution in [0.2, 0.25) is 0 Å². The SMILES string of the molecule is O=S(=O)(OCC1CCCN(Cc2ccccc2)C1)c1ccccc1. The van der Waals surface area contributed by atoms with Gasteiger partial charge in [0.25, 0.3) is 10.1 Å². The van der Waals surface area contributed by atoms with Crippen LogP contribution in [0.1, 0.15) is 18.4 Å². The molecule has 1 aliphatic heterocycles. The van der Waals surface area contributed by atoms with Crippen LogP contribution in [0, 0.1) is 5.92 Å². The summed E-state index contributed by atoms with van der Waals surface area (Å²) in [6.45, 7) is 3.08. The largest absolute Gasteiger partial charge is 0.299 e. The predicted molar refractivity (Wildman–Crippen MR) is 94.0 cm³/mol. The van der Waals surface area contributed by atoms with Crippen LogP contribution >= 0.6 is 0 Å². The summed E-state index contributed by atoms with van der Waals surface area (Å²) in [7, 11) is -3.65. The number of piperidine rings is 1. The van der Waals surface area contributed by atoms with Crippen LogP contribution in [0.15, 0.2) is 65.6 Å². The van der Waals surface area contributed by atoms with Crippen LogP contribution in [0.25, 0.3) is 0 Å². The van der Waals surface area contributed by atoms with Crippen LogP contribution < -0.4 is 0 Å². The second-order valence-electron chi connectivity index (χ2n) is 6.28. The van der Waals surface area contributed by atoms with Gasteiger partial charge in [0.2, 0.25) is 0 Å². The Morgan fingerprint density at radius 3 is 2.38 bits per heavy atom. The Kier molecular flexibility index (Phi) is 5.66. The molecule has 0 aliphatic carbocycles. The lowest BCUT2D eigenvalue weighted by molar-refractivity contribution is 0.127. The quantitative estimate of drug-likeness (QED) is 0.754. The normalized spacial score (nSPS) is 19.2. The molecule has 0 bridgehead atoms. The second kappa shape index (κ2) is 7.92. The number of rotatable bonds is 6. The van der Waals surface area contributed by atoms with E-state index in [0.717, 1.165) is 32.5 Å². The van der Waals surface area contributed by atoms with Crippen LogP contribution in [-0.4, -0.2) is 33.0 Å². The van der Waals surface area contributed by atoms with Gasteiger partial charge in [-0.1, -0.05) is 48.5 Å². The van der Waals surface area contributed by atoms with Crippen LogP contribution in [0.3, 0.4) is 0 Å². The maximum atomic E-state index is 12.2. The third kappa shape index (κ3) is 4.66. The molecule has 24 heavy (non-hydrogen) atoms. The fourth-order valence-electron chi connectivity index (χ4n) is 3.11. The zero-order valence-electron chi connectivity index (χ0n) is 13.7. The number of likely N-dealkylation sites (tertiary alicyclic amines) is 1. The molecule has 0 N–H and O–H groups in total. The molecule has 1 fully saturated rings. The van der Waals surface area contributed by atoms with E-state index in [4.69, 9.17) is 4.18 Å². The molecular formula is C19H23NO3S. The molecule has 5 heteroatoms. The summed E-state index contributed by atoms with van der Waals surface area (Å²) >= 11 is 0. The van der Waals surface area contributed by atoms with E-state index >= 15 is 0 Å². The lowest BCUT2D eigenvalue weighted by atomic mass is 9.98. The summed E-state index contributed by atoms with van der Waals surface area (Å²) in [4.78, 5) is 2.60. The number of nitrogens with zero attached hydrogens (tertiary/aromatic N) is 1. The van der Waals surface area contributed by atoms with Gasteiger partial charge in [0.1, 0.15) is 0 Å². The minimum atomic E-state index is -3.65. The molecule has 3 rings (SSSR count). The van der Waals surface area contributed by atoms with Crippen LogP contribution in [-0.2, 0) is 20.8 Å². The first-order chi connectivity index (χ1) is 11.6. The van der Waals surface area contributed by atoms with E-state index in [1.807, 2.05) is 18.2 Å². The number of hydrogen-bond acceptors (Lipinski definition) is 4. The Labute approximate surface area is 144 Å². The van der Waals surface area contributed by atoms with Crippen molar-refractivity contribution in [2.75, 3.05) is 19.7 Å². The summed E-state index contributed by atoms with van der Waals surface area (Å²) in [6.07, 6.45) is 2.09. The van der Waals surface area contributed by atoms with Crippen molar-refractivity contribution in [3.05, 3.63) is 66.2 Å². The minimum absolute atomic E-state index is 0.224. The first-order valence-electron chi connectivity index (χ1n) is 8.34. The van der Waals surface area contributed by atoms with Gasteiger partial charge in [0.15, 0.2) is 0 Å². The molecule has 128 valence electrons. The molecule has 0 aromatic heterocycles. The van der Waals surface area contributed by atoms with Gasteiger partial charge < -0.3 is 0 Å². The fraction of sp³-hybridized carbons (Fsp3) is 0.368. The van der Waals surface area contributed by atoms with Gasteiger partial charge in [-0.3, -0.25) is 9.08 Å². The topological polar surface area (TPSA) is 46.6 Å². The smallest absolute Gasteiger partial charge is 0.296 e. The molecule has 1 unspecified atom stereocenters. The lowest BCUT2D eigenvalue weighted by Gasteiger charge is -2.32. The Morgan fingerprint density at radius 2 is 1.67 bits per heavy atom. The van der Waals surface area contributed by atoms with Gasteiger partial charge in [-0.25, -0.2) is 0 Å². The van der Waals surface area contributed by atoms with Gasteiger partial charge in [-0.2, -0.15) is 8.42 Å². The van der Waals surface area contributed by atoms with E-state index in [9.17, 15) is 8.42 Å². The van der Waals surface area contributed by atoms with Crippen molar-refractivity contribution in [1.29, 1.82) is 0 Å². The Morgan fingerprint density at radius 1 is 1.00 bits per heavy atom. The molecule has 0 amide bonds. The first-order valence-corrected chi connectivity index (χ1v) is 9.75. The van der Waals surface area contributed by atoms with Gasteiger partial charge in [-0.15, -0.1) is 0 Å². The molecule has 1 heterocycles. The predicted octanol–water partition coefficient (Wildman–Crippen LogP) is 3.30. The van der Waals surface area contributed by atoms with E-state index in [-0.39, 0.29) is 17.4 Å². The Hall–Kier alpha value is -1.69. The maximum absolute atomic E-state index is 12.2. The average Bonchev–Trinajstić information content (AvgIpc) is 2.62. The third-order valence-corrected chi connectivity index (χ3v) is 5.64. The number of benzene rings is 2. The van der Waals surface area contributed by atoms with Crippen LogP contribution in [0.5, 0.6) is 0 Å². The summed E-state index contributed by atoms with van der Waals surface area (Å²) in [5.41, 5.74) is 1.29. The molecule has 2 aromatic carbocycles. The first kappa shape index (κ1) is 17.1. The highest BCUT2D eigenvalue weighted by atomic mass is 32.2.